The predicted octanol–water partition coefficient (Wildman–Crippen LogP) is 2.76. The van der Waals surface area contributed by atoms with Crippen molar-refractivity contribution < 1.29 is 23.9 Å². The van der Waals surface area contributed by atoms with Gasteiger partial charge in [0.05, 0.1) is 28.3 Å². The number of nitrogens with zero attached hydrogens (tertiary/aromatic N) is 2. The van der Waals surface area contributed by atoms with Crippen molar-refractivity contribution in [1.29, 1.82) is 0 Å². The molecule has 2 heterocycles. The number of hydrogen-bond donors (Lipinski definition) is 5. The molecule has 0 radical (unpaired) electrons. The van der Waals surface area contributed by atoms with Crippen molar-refractivity contribution in [3.63, 3.8) is 0 Å². The van der Waals surface area contributed by atoms with Gasteiger partial charge in [-0.05, 0) is 43.7 Å². The van der Waals surface area contributed by atoms with Crippen molar-refractivity contribution in [2.24, 2.45) is 5.92 Å². The van der Waals surface area contributed by atoms with E-state index in [1.54, 1.807) is 23.7 Å². The van der Waals surface area contributed by atoms with Gasteiger partial charge in [0.25, 0.3) is 5.91 Å². The zero-order valence-electron chi connectivity index (χ0n) is 19.3. The highest BCUT2D eigenvalue weighted by Gasteiger charge is 2.39. The van der Waals surface area contributed by atoms with E-state index in [1.165, 1.54) is 0 Å². The van der Waals surface area contributed by atoms with E-state index in [1.807, 2.05) is 44.2 Å². The maximum Gasteiger partial charge on any atom is 0.251 e. The number of amides is 2. The summed E-state index contributed by atoms with van der Waals surface area (Å²) in [6.07, 6.45) is 0. The molecule has 0 aromatic heterocycles. The van der Waals surface area contributed by atoms with Crippen LogP contribution >= 0.6 is 10.6 Å². The monoisotopic (exact) mass is 488 g/mol. The molecule has 5 N–H and O–H groups in total. The minimum Gasteiger partial charge on any atom is -0.364 e. The number of rotatable bonds is 6. The minimum atomic E-state index is -2.76. The Morgan fingerprint density at radius 3 is 2.47 bits per heavy atom. The third kappa shape index (κ3) is 5.06. The molecule has 4 rings (SSSR count). The minimum absolute atomic E-state index is 0.221. The Hall–Kier alpha value is -2.63. The van der Waals surface area contributed by atoms with E-state index in [0.717, 1.165) is 11.3 Å². The van der Waals surface area contributed by atoms with Crippen LogP contribution in [0.3, 0.4) is 0 Å². The fourth-order valence-electron chi connectivity index (χ4n) is 4.61. The van der Waals surface area contributed by atoms with Crippen molar-refractivity contribution in [3.05, 3.63) is 59.7 Å². The molecule has 1 fully saturated rings. The molecule has 0 aliphatic carbocycles. The Morgan fingerprint density at radius 1 is 1.09 bits per heavy atom. The topological polar surface area (TPSA) is 125 Å². The molecule has 0 saturated carbocycles. The van der Waals surface area contributed by atoms with Crippen LogP contribution in [0.15, 0.2) is 53.4 Å². The maximum atomic E-state index is 12.9. The Morgan fingerprint density at radius 2 is 1.79 bits per heavy atom. The Balaban J connectivity index is 1.43. The summed E-state index contributed by atoms with van der Waals surface area (Å²) < 4.78 is 20.7. The van der Waals surface area contributed by atoms with Gasteiger partial charge >= 0.3 is 0 Å². The molecule has 34 heavy (non-hydrogen) atoms. The maximum absolute atomic E-state index is 12.9. The summed E-state index contributed by atoms with van der Waals surface area (Å²) in [6.45, 7) is 6.17. The highest BCUT2D eigenvalue weighted by molar-refractivity contribution is 8.24. The van der Waals surface area contributed by atoms with Crippen LogP contribution in [0.25, 0.3) is 0 Å². The third-order valence-electron chi connectivity index (χ3n) is 6.64. The van der Waals surface area contributed by atoms with Crippen molar-refractivity contribution in [1.82, 2.24) is 15.7 Å². The van der Waals surface area contributed by atoms with Crippen LogP contribution in [0.2, 0.25) is 0 Å². The first-order chi connectivity index (χ1) is 16.2. The highest BCUT2D eigenvalue weighted by atomic mass is 32.3. The number of likely N-dealkylation sites (tertiary alicyclic amines) is 1. The van der Waals surface area contributed by atoms with E-state index in [2.05, 4.69) is 15.1 Å². The van der Waals surface area contributed by atoms with E-state index in [9.17, 15) is 18.7 Å². The number of carbonyl (C=O) groups excluding carboxylic acids is 2. The summed E-state index contributed by atoms with van der Waals surface area (Å²) >= 11 is 0. The average Bonchev–Trinajstić information content (AvgIpc) is 3.25. The van der Waals surface area contributed by atoms with E-state index in [0.29, 0.717) is 42.4 Å². The molecule has 10 heteroatoms. The van der Waals surface area contributed by atoms with Crippen LogP contribution in [-0.4, -0.2) is 68.5 Å². The molecule has 0 unspecified atom stereocenters. The van der Waals surface area contributed by atoms with E-state index < -0.39 is 28.5 Å². The van der Waals surface area contributed by atoms with Crippen molar-refractivity contribution in [2.45, 2.75) is 37.4 Å². The summed E-state index contributed by atoms with van der Waals surface area (Å²) in [4.78, 5) is 29.8. The molecule has 0 bridgehead atoms. The molecular formula is C24H32N4O5S. The lowest BCUT2D eigenvalue weighted by Gasteiger charge is -2.43. The summed E-state index contributed by atoms with van der Waals surface area (Å²) in [5.74, 6) is -0.999. The molecule has 9 nitrogen and oxygen atoms in total. The van der Waals surface area contributed by atoms with Crippen LogP contribution < -0.4 is 15.7 Å². The van der Waals surface area contributed by atoms with Gasteiger partial charge in [-0.15, -0.1) is 0 Å². The normalized spacial score (nSPS) is 22.8. The Bertz CT molecular complexity index is 1050. The highest BCUT2D eigenvalue weighted by Crippen LogP contribution is 2.55. The van der Waals surface area contributed by atoms with Gasteiger partial charge in [-0.1, -0.05) is 24.3 Å². The van der Waals surface area contributed by atoms with Crippen LogP contribution in [0.1, 0.15) is 29.8 Å². The molecule has 2 aliphatic rings. The number of hydrogen-bond acceptors (Lipinski definition) is 7. The van der Waals surface area contributed by atoms with Gasteiger partial charge in [-0.25, -0.2) is 5.48 Å². The first kappa shape index (κ1) is 24.5. The molecule has 184 valence electrons. The Kier molecular flexibility index (Phi) is 7.15. The lowest BCUT2D eigenvalue weighted by molar-refractivity contribution is -0.133. The summed E-state index contributed by atoms with van der Waals surface area (Å²) in [5.41, 5.74) is 4.02. The van der Waals surface area contributed by atoms with Gasteiger partial charge in [0.1, 0.15) is 0 Å². The third-order valence-corrected chi connectivity index (χ3v) is 8.44. The Labute approximate surface area is 201 Å². The van der Waals surface area contributed by atoms with E-state index >= 15 is 0 Å². The lowest BCUT2D eigenvalue weighted by atomic mass is 10.0. The molecule has 2 aromatic rings. The number of carbonyl (C=O) groups is 2. The number of para-hydroxylation sites is 1. The van der Waals surface area contributed by atoms with Crippen molar-refractivity contribution >= 4 is 28.1 Å². The standard InChI is InChI=1S/C24H32N4O5S/c1-16(2)28-14-19(24(30)26-31)20(15-28)25-23(29)18-9-7-17(8-10-18)13-27-11-12-34(32,33)22-6-4-3-5-21(22)27/h3-10,16,19-20,31-33H,11-15H2,1-2H3,(H,25,29)(H,26,30)/t19-,20+/m0/s1. The molecule has 2 aromatic carbocycles. The smallest absolute Gasteiger partial charge is 0.251 e. The molecular weight excluding hydrogens is 456 g/mol. The second kappa shape index (κ2) is 9.93. The van der Waals surface area contributed by atoms with Crippen LogP contribution in [0.4, 0.5) is 5.69 Å². The van der Waals surface area contributed by atoms with Gasteiger partial charge in [0.15, 0.2) is 0 Å². The quantitative estimate of drug-likeness (QED) is 0.313. The number of benzene rings is 2. The fraction of sp³-hybridized carbons (Fsp3) is 0.417. The number of anilines is 1. The van der Waals surface area contributed by atoms with Crippen LogP contribution in [0.5, 0.6) is 0 Å². The van der Waals surface area contributed by atoms with Gasteiger partial charge in [-0.3, -0.25) is 28.8 Å². The molecule has 2 aliphatic heterocycles. The van der Waals surface area contributed by atoms with Gasteiger partial charge in [0.2, 0.25) is 5.91 Å². The summed E-state index contributed by atoms with van der Waals surface area (Å²) in [6, 6.07) is 14.5. The lowest BCUT2D eigenvalue weighted by Crippen LogP contribution is -2.45. The fourth-order valence-corrected chi connectivity index (χ4v) is 6.13. The zero-order valence-corrected chi connectivity index (χ0v) is 20.2. The van der Waals surface area contributed by atoms with Gasteiger partial charge < -0.3 is 10.2 Å². The predicted molar refractivity (Wildman–Crippen MR) is 131 cm³/mol. The molecule has 2 amide bonds. The van der Waals surface area contributed by atoms with Gasteiger partial charge in [-0.2, -0.15) is 10.6 Å². The number of nitrogens with one attached hydrogen (secondary N) is 2. The second-order valence-corrected chi connectivity index (χ2v) is 11.3. The van der Waals surface area contributed by atoms with Crippen LogP contribution in [0, 0.1) is 5.92 Å². The second-order valence-electron chi connectivity index (χ2n) is 9.17. The average molecular weight is 489 g/mol. The SMILES string of the molecule is CC(C)N1C[C@H](C(=O)NO)[C@H](NC(=O)c2ccc(CN3CCS(O)(O)c4ccccc43)cc2)C1. The number of hydroxylamine groups is 1. The van der Waals surface area contributed by atoms with Crippen molar-refractivity contribution in [2.75, 3.05) is 30.3 Å². The summed E-state index contributed by atoms with van der Waals surface area (Å²) in [7, 11) is -2.76. The van der Waals surface area contributed by atoms with E-state index in [-0.39, 0.29) is 11.9 Å². The summed E-state index contributed by atoms with van der Waals surface area (Å²) in [5, 5.41) is 12.0. The first-order valence-electron chi connectivity index (χ1n) is 11.4. The number of fused-ring (bicyclic) bond motifs is 1. The van der Waals surface area contributed by atoms with E-state index in [4.69, 9.17) is 5.21 Å². The van der Waals surface area contributed by atoms with Gasteiger partial charge in [0, 0.05) is 37.8 Å². The molecule has 1 saturated heterocycles. The molecule has 0 spiro atoms. The first-order valence-corrected chi connectivity index (χ1v) is 13.1. The molecule has 2 atom stereocenters. The van der Waals surface area contributed by atoms with Crippen molar-refractivity contribution in [3.8, 4) is 0 Å². The zero-order chi connectivity index (χ0) is 24.5. The largest absolute Gasteiger partial charge is 0.364 e. The van der Waals surface area contributed by atoms with Crippen LogP contribution in [-0.2, 0) is 11.3 Å².